The van der Waals surface area contributed by atoms with Crippen LogP contribution < -0.4 is 5.73 Å². The van der Waals surface area contributed by atoms with Gasteiger partial charge in [-0.05, 0) is 13.3 Å². The third kappa shape index (κ3) is 15.5. The van der Waals surface area contributed by atoms with Crippen LogP contribution in [0.1, 0.15) is 39.5 Å². The second-order valence-corrected chi connectivity index (χ2v) is 3.23. The van der Waals surface area contributed by atoms with E-state index in [1.807, 2.05) is 19.1 Å². The van der Waals surface area contributed by atoms with Gasteiger partial charge < -0.3 is 10.8 Å². The zero-order valence-corrected chi connectivity index (χ0v) is 10.2. The Bertz CT molecular complexity index is 210. The average Bonchev–Trinajstić information content (AvgIpc) is 2.29. The smallest absolute Gasteiger partial charge is 0.140 e. The fourth-order valence-corrected chi connectivity index (χ4v) is 0.844. The number of hydrogen-bond donors (Lipinski definition) is 2. The molecule has 0 aliphatic heterocycles. The molecule has 0 saturated carbocycles. The fraction of sp³-hybridized carbons (Fsp3) is 0.667. The minimum Gasteiger partial charge on any atom is -0.395 e. The predicted octanol–water partition coefficient (Wildman–Crippen LogP) is 1.22. The van der Waals surface area contributed by atoms with Crippen LogP contribution in [0.25, 0.3) is 0 Å². The SMILES string of the molecule is CC=CCCC(=O)CC(=O)CC.NCCO. The van der Waals surface area contributed by atoms with Crippen molar-refractivity contribution in [3.63, 3.8) is 0 Å². The number of ketones is 2. The van der Waals surface area contributed by atoms with Gasteiger partial charge in [0.15, 0.2) is 0 Å². The van der Waals surface area contributed by atoms with E-state index in [2.05, 4.69) is 0 Å². The van der Waals surface area contributed by atoms with Crippen molar-refractivity contribution < 1.29 is 14.7 Å². The molecule has 0 fully saturated rings. The molecule has 0 atom stereocenters. The van der Waals surface area contributed by atoms with Gasteiger partial charge in [-0.1, -0.05) is 19.1 Å². The molecule has 0 aliphatic rings. The highest BCUT2D eigenvalue weighted by molar-refractivity contribution is 5.98. The lowest BCUT2D eigenvalue weighted by molar-refractivity contribution is -0.126. The molecule has 0 saturated heterocycles. The Labute approximate surface area is 97.5 Å². The first-order valence-corrected chi connectivity index (χ1v) is 5.57. The quantitative estimate of drug-likeness (QED) is 0.508. The maximum atomic E-state index is 11.0. The summed E-state index contributed by atoms with van der Waals surface area (Å²) in [4.78, 5) is 21.8. The summed E-state index contributed by atoms with van der Waals surface area (Å²) >= 11 is 0. The molecule has 0 aromatic carbocycles. The number of hydrogen-bond acceptors (Lipinski definition) is 4. The van der Waals surface area contributed by atoms with Crippen LogP contribution in [0.5, 0.6) is 0 Å². The third-order valence-corrected chi connectivity index (χ3v) is 1.74. The van der Waals surface area contributed by atoms with Crippen LogP contribution in [0.3, 0.4) is 0 Å². The molecule has 0 unspecified atom stereocenters. The second-order valence-electron chi connectivity index (χ2n) is 3.23. The van der Waals surface area contributed by atoms with Crippen molar-refractivity contribution in [2.45, 2.75) is 39.5 Å². The largest absolute Gasteiger partial charge is 0.395 e. The molecule has 0 spiro atoms. The van der Waals surface area contributed by atoms with Crippen molar-refractivity contribution in [1.82, 2.24) is 0 Å². The minimum absolute atomic E-state index is 0.0421. The number of carbonyl (C=O) groups is 2. The molecule has 4 nitrogen and oxygen atoms in total. The summed E-state index contributed by atoms with van der Waals surface area (Å²) in [6.07, 6.45) is 5.69. The van der Waals surface area contributed by atoms with Crippen LogP contribution in [0.15, 0.2) is 12.2 Å². The maximum Gasteiger partial charge on any atom is 0.140 e. The number of allylic oxidation sites excluding steroid dienone is 2. The summed E-state index contributed by atoms with van der Waals surface area (Å²) < 4.78 is 0. The Hall–Kier alpha value is -1.00. The summed E-state index contributed by atoms with van der Waals surface area (Å²) in [5, 5.41) is 7.75. The number of aliphatic hydroxyl groups excluding tert-OH is 1. The molecular weight excluding hydrogens is 206 g/mol. The van der Waals surface area contributed by atoms with Crippen LogP contribution in [-0.4, -0.2) is 29.8 Å². The highest BCUT2D eigenvalue weighted by Crippen LogP contribution is 1.98. The molecule has 0 aromatic heterocycles. The van der Waals surface area contributed by atoms with Gasteiger partial charge in [-0.2, -0.15) is 0 Å². The lowest BCUT2D eigenvalue weighted by Gasteiger charge is -1.95. The zero-order valence-electron chi connectivity index (χ0n) is 10.2. The molecule has 0 bridgehead atoms. The lowest BCUT2D eigenvalue weighted by Crippen LogP contribution is -2.05. The first-order valence-electron chi connectivity index (χ1n) is 5.57. The highest BCUT2D eigenvalue weighted by Gasteiger charge is 2.05. The lowest BCUT2D eigenvalue weighted by atomic mass is 10.1. The minimum atomic E-state index is 0.0421. The van der Waals surface area contributed by atoms with Gasteiger partial charge in [0.1, 0.15) is 11.6 Å². The van der Waals surface area contributed by atoms with E-state index in [-0.39, 0.29) is 24.6 Å². The van der Waals surface area contributed by atoms with Crippen molar-refractivity contribution in [3.8, 4) is 0 Å². The van der Waals surface area contributed by atoms with Crippen molar-refractivity contribution in [3.05, 3.63) is 12.2 Å². The number of aliphatic hydroxyl groups is 1. The van der Waals surface area contributed by atoms with Crippen LogP contribution in [0.4, 0.5) is 0 Å². The summed E-state index contributed by atoms with van der Waals surface area (Å²) in [5.41, 5.74) is 4.78. The summed E-state index contributed by atoms with van der Waals surface area (Å²) in [6, 6.07) is 0. The number of carbonyl (C=O) groups excluding carboxylic acids is 2. The molecular formula is C12H23NO3. The van der Waals surface area contributed by atoms with Gasteiger partial charge in [-0.3, -0.25) is 9.59 Å². The van der Waals surface area contributed by atoms with Crippen LogP contribution in [-0.2, 0) is 9.59 Å². The Balaban J connectivity index is 0. The number of nitrogens with two attached hydrogens (primary N) is 1. The maximum absolute atomic E-state index is 11.0. The summed E-state index contributed by atoms with van der Waals surface area (Å²) in [6.45, 7) is 4.17. The molecule has 0 amide bonds. The van der Waals surface area contributed by atoms with Crippen LogP contribution in [0, 0.1) is 0 Å². The third-order valence-electron chi connectivity index (χ3n) is 1.74. The Morgan fingerprint density at radius 3 is 2.25 bits per heavy atom. The van der Waals surface area contributed by atoms with Gasteiger partial charge in [0.2, 0.25) is 0 Å². The van der Waals surface area contributed by atoms with E-state index < -0.39 is 0 Å². The first kappa shape index (κ1) is 17.4. The topological polar surface area (TPSA) is 80.4 Å². The average molecular weight is 229 g/mol. The van der Waals surface area contributed by atoms with Crippen molar-refractivity contribution >= 4 is 11.6 Å². The number of rotatable bonds is 7. The summed E-state index contributed by atoms with van der Waals surface area (Å²) in [7, 11) is 0. The standard InChI is InChI=1S/C10H16O2.C2H7NO/c1-3-5-6-7-10(12)8-9(11)4-2;3-1-2-4/h3,5H,4,6-8H2,1-2H3;4H,1-3H2. The van der Waals surface area contributed by atoms with E-state index >= 15 is 0 Å². The second kappa shape index (κ2) is 14.0. The molecule has 94 valence electrons. The van der Waals surface area contributed by atoms with Gasteiger partial charge in [0, 0.05) is 19.4 Å². The molecule has 0 heterocycles. The molecule has 0 rings (SSSR count). The number of Topliss-reactive ketones (excluding diaryl/α,β-unsaturated/α-hetero) is 2. The Morgan fingerprint density at radius 1 is 1.31 bits per heavy atom. The van der Waals surface area contributed by atoms with Gasteiger partial charge in [0.25, 0.3) is 0 Å². The fourth-order valence-electron chi connectivity index (χ4n) is 0.844. The van der Waals surface area contributed by atoms with Crippen molar-refractivity contribution in [2.75, 3.05) is 13.2 Å². The van der Waals surface area contributed by atoms with Crippen LogP contribution in [0.2, 0.25) is 0 Å². The van der Waals surface area contributed by atoms with E-state index in [4.69, 9.17) is 10.8 Å². The van der Waals surface area contributed by atoms with Gasteiger partial charge in [-0.15, -0.1) is 0 Å². The molecule has 4 heteroatoms. The molecule has 0 aliphatic carbocycles. The molecule has 16 heavy (non-hydrogen) atoms. The van der Waals surface area contributed by atoms with E-state index in [0.29, 0.717) is 19.4 Å². The monoisotopic (exact) mass is 229 g/mol. The van der Waals surface area contributed by atoms with E-state index in [0.717, 1.165) is 6.42 Å². The van der Waals surface area contributed by atoms with Gasteiger partial charge in [-0.25, -0.2) is 0 Å². The molecule has 0 aromatic rings. The molecule has 3 N–H and O–H groups in total. The van der Waals surface area contributed by atoms with E-state index in [1.165, 1.54) is 0 Å². The van der Waals surface area contributed by atoms with Crippen molar-refractivity contribution in [2.24, 2.45) is 5.73 Å². The van der Waals surface area contributed by atoms with Gasteiger partial charge in [0.05, 0.1) is 13.0 Å². The highest BCUT2D eigenvalue weighted by atomic mass is 16.3. The predicted molar refractivity (Wildman–Crippen MR) is 65.1 cm³/mol. The molecule has 0 radical (unpaired) electrons. The van der Waals surface area contributed by atoms with E-state index in [1.54, 1.807) is 6.92 Å². The van der Waals surface area contributed by atoms with Crippen LogP contribution >= 0.6 is 0 Å². The van der Waals surface area contributed by atoms with Gasteiger partial charge >= 0.3 is 0 Å². The first-order chi connectivity index (χ1) is 7.62. The summed E-state index contributed by atoms with van der Waals surface area (Å²) in [5.74, 6) is 0.0976. The zero-order chi connectivity index (χ0) is 12.8. The normalized spacial score (nSPS) is 9.75. The van der Waals surface area contributed by atoms with E-state index in [9.17, 15) is 9.59 Å². The Kier molecular flexibility index (Phi) is 15.2. The Morgan fingerprint density at radius 2 is 1.88 bits per heavy atom. The van der Waals surface area contributed by atoms with Crippen molar-refractivity contribution in [1.29, 1.82) is 0 Å².